The Morgan fingerprint density at radius 2 is 2.29 bits per heavy atom. The molecule has 0 saturated carbocycles. The fourth-order valence-electron chi connectivity index (χ4n) is 3.09. The van der Waals surface area contributed by atoms with E-state index in [2.05, 4.69) is 10.1 Å². The van der Waals surface area contributed by atoms with Gasteiger partial charge in [-0.1, -0.05) is 28.9 Å². The lowest BCUT2D eigenvalue weighted by Gasteiger charge is -2.21. The van der Waals surface area contributed by atoms with Gasteiger partial charge in [-0.25, -0.2) is 0 Å². The molecule has 1 aliphatic heterocycles. The first-order valence-electron chi connectivity index (χ1n) is 7.96. The van der Waals surface area contributed by atoms with Crippen LogP contribution in [-0.2, 0) is 0 Å². The van der Waals surface area contributed by atoms with E-state index >= 15 is 0 Å². The average Bonchev–Trinajstić information content (AvgIpc) is 3.33. The zero-order chi connectivity index (χ0) is 16.5. The molecule has 4 rings (SSSR count). The number of aromatic nitrogens is 2. The molecule has 0 radical (unpaired) electrons. The number of amides is 1. The van der Waals surface area contributed by atoms with Crippen LogP contribution in [0.4, 0.5) is 0 Å². The summed E-state index contributed by atoms with van der Waals surface area (Å²) in [6, 6.07) is 9.71. The van der Waals surface area contributed by atoms with E-state index in [9.17, 15) is 4.79 Å². The first-order valence-corrected chi connectivity index (χ1v) is 8.90. The molecule has 0 spiro atoms. The summed E-state index contributed by atoms with van der Waals surface area (Å²) < 4.78 is 5.49. The molecule has 1 amide bonds. The molecule has 1 aromatic carbocycles. The second-order valence-electron chi connectivity index (χ2n) is 5.99. The van der Waals surface area contributed by atoms with Gasteiger partial charge in [0, 0.05) is 17.5 Å². The molecule has 3 aromatic rings. The van der Waals surface area contributed by atoms with Crippen LogP contribution in [0.15, 0.2) is 45.6 Å². The Morgan fingerprint density at radius 3 is 3.08 bits per heavy atom. The summed E-state index contributed by atoms with van der Waals surface area (Å²) in [6.07, 6.45) is 1.80. The van der Waals surface area contributed by atoms with Crippen molar-refractivity contribution in [2.45, 2.75) is 25.8 Å². The molecule has 1 aliphatic rings. The van der Waals surface area contributed by atoms with E-state index in [0.29, 0.717) is 11.7 Å². The second kappa shape index (κ2) is 6.20. The smallest absolute Gasteiger partial charge is 0.255 e. The number of hydrogen-bond acceptors (Lipinski definition) is 5. The largest absolute Gasteiger partial charge is 0.337 e. The third-order valence-electron chi connectivity index (χ3n) is 4.28. The number of rotatable bonds is 3. The van der Waals surface area contributed by atoms with Gasteiger partial charge in [-0.05, 0) is 37.3 Å². The lowest BCUT2D eigenvalue weighted by atomic mass is 10.1. The van der Waals surface area contributed by atoms with Crippen molar-refractivity contribution >= 4 is 17.2 Å². The molecule has 6 heteroatoms. The SMILES string of the molecule is Cc1cccc(-c2noc([C@H]3CCCN3C(=O)c3ccsc3)n2)c1. The Labute approximate surface area is 143 Å². The fourth-order valence-corrected chi connectivity index (χ4v) is 3.72. The molecule has 24 heavy (non-hydrogen) atoms. The molecule has 122 valence electrons. The number of nitrogens with zero attached hydrogens (tertiary/aromatic N) is 3. The molecule has 3 heterocycles. The Hall–Kier alpha value is -2.47. The zero-order valence-corrected chi connectivity index (χ0v) is 14.1. The van der Waals surface area contributed by atoms with E-state index in [1.807, 2.05) is 52.9 Å². The van der Waals surface area contributed by atoms with Gasteiger partial charge >= 0.3 is 0 Å². The molecule has 0 N–H and O–H groups in total. The molecule has 0 unspecified atom stereocenters. The van der Waals surface area contributed by atoms with Crippen LogP contribution in [0, 0.1) is 6.92 Å². The van der Waals surface area contributed by atoms with E-state index < -0.39 is 0 Å². The van der Waals surface area contributed by atoms with Crippen LogP contribution in [0.25, 0.3) is 11.4 Å². The maximum Gasteiger partial charge on any atom is 0.255 e. The topological polar surface area (TPSA) is 59.2 Å². The summed E-state index contributed by atoms with van der Waals surface area (Å²) in [5.41, 5.74) is 2.80. The van der Waals surface area contributed by atoms with Crippen molar-refractivity contribution in [3.63, 3.8) is 0 Å². The van der Waals surface area contributed by atoms with Crippen LogP contribution < -0.4 is 0 Å². The summed E-state index contributed by atoms with van der Waals surface area (Å²) in [4.78, 5) is 19.0. The quantitative estimate of drug-likeness (QED) is 0.721. The fraction of sp³-hybridized carbons (Fsp3) is 0.278. The third-order valence-corrected chi connectivity index (χ3v) is 4.97. The minimum Gasteiger partial charge on any atom is -0.337 e. The standard InChI is InChI=1S/C18H17N3O2S/c1-12-4-2-5-13(10-12)16-19-17(23-20-16)15-6-3-8-21(15)18(22)14-7-9-24-11-14/h2,4-5,7,9-11,15H,3,6,8H2,1H3/t15-/m1/s1. The first kappa shape index (κ1) is 15.1. The average molecular weight is 339 g/mol. The van der Waals surface area contributed by atoms with Gasteiger partial charge in [-0.2, -0.15) is 16.3 Å². The van der Waals surface area contributed by atoms with Crippen LogP contribution in [-0.4, -0.2) is 27.5 Å². The number of thiophene rings is 1. The maximum atomic E-state index is 12.7. The number of carbonyl (C=O) groups excluding carboxylic acids is 1. The van der Waals surface area contributed by atoms with Crippen molar-refractivity contribution in [1.29, 1.82) is 0 Å². The highest BCUT2D eigenvalue weighted by atomic mass is 32.1. The zero-order valence-electron chi connectivity index (χ0n) is 13.3. The highest BCUT2D eigenvalue weighted by Crippen LogP contribution is 2.33. The molecule has 5 nitrogen and oxygen atoms in total. The third kappa shape index (κ3) is 2.73. The summed E-state index contributed by atoms with van der Waals surface area (Å²) >= 11 is 1.53. The molecule has 1 atom stereocenters. The Kier molecular flexibility index (Phi) is 3.90. The van der Waals surface area contributed by atoms with Gasteiger partial charge < -0.3 is 9.42 Å². The van der Waals surface area contributed by atoms with Gasteiger partial charge in [0.05, 0.1) is 5.56 Å². The van der Waals surface area contributed by atoms with Crippen LogP contribution in [0.5, 0.6) is 0 Å². The summed E-state index contributed by atoms with van der Waals surface area (Å²) in [7, 11) is 0. The number of carbonyl (C=O) groups is 1. The van der Waals surface area contributed by atoms with Crippen LogP contribution in [0.2, 0.25) is 0 Å². The molecular weight excluding hydrogens is 322 g/mol. The molecule has 1 saturated heterocycles. The van der Waals surface area contributed by atoms with E-state index in [-0.39, 0.29) is 11.9 Å². The Balaban J connectivity index is 1.60. The van der Waals surface area contributed by atoms with Crippen LogP contribution in [0.1, 0.15) is 40.7 Å². The lowest BCUT2D eigenvalue weighted by molar-refractivity contribution is 0.0710. The van der Waals surface area contributed by atoms with Crippen molar-refractivity contribution in [2.24, 2.45) is 0 Å². The van der Waals surface area contributed by atoms with Crippen LogP contribution in [0.3, 0.4) is 0 Å². The van der Waals surface area contributed by atoms with E-state index in [1.165, 1.54) is 11.3 Å². The van der Waals surface area contributed by atoms with Crippen molar-refractivity contribution in [1.82, 2.24) is 15.0 Å². The first-order chi connectivity index (χ1) is 11.7. The minimum absolute atomic E-state index is 0.0362. The van der Waals surface area contributed by atoms with Gasteiger partial charge in [-0.15, -0.1) is 0 Å². The monoisotopic (exact) mass is 339 g/mol. The number of hydrogen-bond donors (Lipinski definition) is 0. The van der Waals surface area contributed by atoms with Gasteiger partial charge in [0.2, 0.25) is 11.7 Å². The second-order valence-corrected chi connectivity index (χ2v) is 6.77. The van der Waals surface area contributed by atoms with E-state index in [4.69, 9.17) is 4.52 Å². The van der Waals surface area contributed by atoms with Crippen molar-refractivity contribution in [3.8, 4) is 11.4 Å². The summed E-state index contributed by atoms with van der Waals surface area (Å²) in [5, 5.41) is 7.90. The van der Waals surface area contributed by atoms with Crippen molar-refractivity contribution < 1.29 is 9.32 Å². The van der Waals surface area contributed by atoms with E-state index in [0.717, 1.165) is 36.1 Å². The molecule has 0 aliphatic carbocycles. The molecular formula is C18H17N3O2S. The highest BCUT2D eigenvalue weighted by molar-refractivity contribution is 7.08. The van der Waals surface area contributed by atoms with Gasteiger partial charge in [0.15, 0.2) is 0 Å². The van der Waals surface area contributed by atoms with Gasteiger partial charge in [0.1, 0.15) is 6.04 Å². The minimum atomic E-state index is -0.136. The molecule has 2 aromatic heterocycles. The molecule has 0 bridgehead atoms. The van der Waals surface area contributed by atoms with E-state index in [1.54, 1.807) is 0 Å². The number of aryl methyl sites for hydroxylation is 1. The van der Waals surface area contributed by atoms with Crippen LogP contribution >= 0.6 is 11.3 Å². The maximum absolute atomic E-state index is 12.7. The molecule has 1 fully saturated rings. The van der Waals surface area contributed by atoms with Gasteiger partial charge in [0.25, 0.3) is 5.91 Å². The normalized spacial score (nSPS) is 17.4. The van der Waals surface area contributed by atoms with Gasteiger partial charge in [-0.3, -0.25) is 4.79 Å². The summed E-state index contributed by atoms with van der Waals surface area (Å²) in [6.45, 7) is 2.75. The Bertz CT molecular complexity index is 857. The summed E-state index contributed by atoms with van der Waals surface area (Å²) in [5.74, 6) is 1.13. The van der Waals surface area contributed by atoms with Crippen molar-refractivity contribution in [3.05, 3.63) is 58.1 Å². The highest BCUT2D eigenvalue weighted by Gasteiger charge is 2.34. The number of benzene rings is 1. The predicted molar refractivity (Wildman–Crippen MR) is 91.8 cm³/mol. The number of likely N-dealkylation sites (tertiary alicyclic amines) is 1. The Morgan fingerprint density at radius 1 is 1.38 bits per heavy atom. The lowest BCUT2D eigenvalue weighted by Crippen LogP contribution is -2.30. The van der Waals surface area contributed by atoms with Crippen molar-refractivity contribution in [2.75, 3.05) is 6.54 Å². The predicted octanol–water partition coefficient (Wildman–Crippen LogP) is 4.08.